The van der Waals surface area contributed by atoms with E-state index >= 15 is 0 Å². The number of rotatable bonds is 5. The molecule has 0 saturated carbocycles. The van der Waals surface area contributed by atoms with Crippen LogP contribution < -0.4 is 5.32 Å². The molecule has 0 amide bonds. The summed E-state index contributed by atoms with van der Waals surface area (Å²) in [6.45, 7) is 1.06. The molecule has 1 N–H and O–H groups in total. The van der Waals surface area contributed by atoms with Gasteiger partial charge in [0.25, 0.3) is 5.69 Å². The molecule has 132 valence electrons. The molecule has 2 aromatic rings. The summed E-state index contributed by atoms with van der Waals surface area (Å²) in [7, 11) is -3.54. The predicted molar refractivity (Wildman–Crippen MR) is 95.4 cm³/mol. The molecule has 0 bridgehead atoms. The third-order valence-corrected chi connectivity index (χ3v) is 6.06. The van der Waals surface area contributed by atoms with Gasteiger partial charge in [-0.3, -0.25) is 10.1 Å². The average molecular weight is 361 g/mol. The lowest BCUT2D eigenvalue weighted by atomic mass is 10.2. The van der Waals surface area contributed by atoms with E-state index in [9.17, 15) is 18.5 Å². The zero-order valence-corrected chi connectivity index (χ0v) is 14.4. The first kappa shape index (κ1) is 17.4. The van der Waals surface area contributed by atoms with Crippen molar-refractivity contribution in [2.24, 2.45) is 0 Å². The summed E-state index contributed by atoms with van der Waals surface area (Å²) in [4.78, 5) is 10.8. The van der Waals surface area contributed by atoms with Crippen LogP contribution in [0.2, 0.25) is 0 Å². The maximum Gasteiger partial charge on any atom is 0.292 e. The van der Waals surface area contributed by atoms with Crippen LogP contribution in [0.1, 0.15) is 19.3 Å². The van der Waals surface area contributed by atoms with Gasteiger partial charge in [-0.05, 0) is 37.1 Å². The van der Waals surface area contributed by atoms with Crippen molar-refractivity contribution in [2.45, 2.75) is 24.2 Å². The van der Waals surface area contributed by atoms with Gasteiger partial charge in [0.05, 0.1) is 9.82 Å². The number of nitrogens with one attached hydrogen (secondary N) is 1. The minimum atomic E-state index is -3.54. The van der Waals surface area contributed by atoms with E-state index in [1.54, 1.807) is 36.4 Å². The minimum absolute atomic E-state index is 0.0632. The monoisotopic (exact) mass is 361 g/mol. The van der Waals surface area contributed by atoms with Crippen LogP contribution in [0.25, 0.3) is 0 Å². The quantitative estimate of drug-likeness (QED) is 0.650. The summed E-state index contributed by atoms with van der Waals surface area (Å²) in [6.07, 6.45) is 2.78. The zero-order chi connectivity index (χ0) is 17.9. The van der Waals surface area contributed by atoms with Gasteiger partial charge < -0.3 is 5.32 Å². The fraction of sp³-hybridized carbons (Fsp3) is 0.294. The van der Waals surface area contributed by atoms with Crippen molar-refractivity contribution >= 4 is 27.1 Å². The number of benzene rings is 2. The fourth-order valence-electron chi connectivity index (χ4n) is 2.88. The first-order valence-corrected chi connectivity index (χ1v) is 9.53. The van der Waals surface area contributed by atoms with Crippen LogP contribution in [-0.4, -0.2) is 30.7 Å². The van der Waals surface area contributed by atoms with E-state index in [1.165, 1.54) is 16.4 Å². The summed E-state index contributed by atoms with van der Waals surface area (Å²) >= 11 is 0. The Balaban J connectivity index is 1.88. The van der Waals surface area contributed by atoms with Crippen LogP contribution in [0.3, 0.4) is 0 Å². The summed E-state index contributed by atoms with van der Waals surface area (Å²) in [5.41, 5.74) is 0.749. The molecular formula is C17H19N3O4S. The number of sulfonamides is 1. The van der Waals surface area contributed by atoms with E-state index in [4.69, 9.17) is 0 Å². The average Bonchev–Trinajstić information content (AvgIpc) is 2.63. The van der Waals surface area contributed by atoms with Gasteiger partial charge in [0.15, 0.2) is 0 Å². The van der Waals surface area contributed by atoms with Gasteiger partial charge in [0.2, 0.25) is 10.0 Å². The lowest BCUT2D eigenvalue weighted by molar-refractivity contribution is -0.383. The summed E-state index contributed by atoms with van der Waals surface area (Å²) in [5, 5.41) is 14.1. The molecule has 0 aromatic heterocycles. The molecule has 8 heteroatoms. The van der Waals surface area contributed by atoms with Crippen molar-refractivity contribution in [1.29, 1.82) is 0 Å². The Morgan fingerprint density at radius 3 is 2.44 bits per heavy atom. The van der Waals surface area contributed by atoms with Crippen LogP contribution in [0.15, 0.2) is 53.4 Å². The van der Waals surface area contributed by atoms with Crippen LogP contribution in [-0.2, 0) is 10.0 Å². The molecule has 1 aliphatic rings. The van der Waals surface area contributed by atoms with Crippen LogP contribution in [0, 0.1) is 10.1 Å². The molecule has 1 aliphatic heterocycles. The largest absolute Gasteiger partial charge is 0.350 e. The Morgan fingerprint density at radius 1 is 1.00 bits per heavy atom. The van der Waals surface area contributed by atoms with Crippen molar-refractivity contribution in [3.63, 3.8) is 0 Å². The number of hydrogen-bond donors (Lipinski definition) is 1. The van der Waals surface area contributed by atoms with E-state index in [-0.39, 0.29) is 10.6 Å². The van der Waals surface area contributed by atoms with Crippen LogP contribution in [0.5, 0.6) is 0 Å². The number of piperidine rings is 1. The molecule has 0 aliphatic carbocycles. The number of nitrogens with zero attached hydrogens (tertiary/aromatic N) is 2. The zero-order valence-electron chi connectivity index (χ0n) is 13.6. The molecule has 0 radical (unpaired) electrons. The Kier molecular flexibility index (Phi) is 5.00. The molecule has 25 heavy (non-hydrogen) atoms. The Bertz CT molecular complexity index is 877. The second-order valence-electron chi connectivity index (χ2n) is 5.89. The lowest BCUT2D eigenvalue weighted by Gasteiger charge is -2.26. The van der Waals surface area contributed by atoms with E-state index in [2.05, 4.69) is 5.32 Å². The highest BCUT2D eigenvalue weighted by Gasteiger charge is 2.26. The van der Waals surface area contributed by atoms with Gasteiger partial charge in [-0.1, -0.05) is 24.6 Å². The highest BCUT2D eigenvalue weighted by molar-refractivity contribution is 7.89. The maximum absolute atomic E-state index is 12.8. The number of nitro benzene ring substituents is 1. The SMILES string of the molecule is O=[N+]([O-])c1ccccc1Nc1cccc(S(=O)(=O)N2CCCCC2)c1. The van der Waals surface area contributed by atoms with Gasteiger partial charge >= 0.3 is 0 Å². The molecule has 2 aromatic carbocycles. The molecular weight excluding hydrogens is 342 g/mol. The third kappa shape index (κ3) is 3.80. The van der Waals surface area contributed by atoms with Crippen molar-refractivity contribution in [2.75, 3.05) is 18.4 Å². The summed E-state index contributed by atoms with van der Waals surface area (Å²) in [6, 6.07) is 12.6. The van der Waals surface area contributed by atoms with Gasteiger partial charge in [-0.15, -0.1) is 0 Å². The molecule has 3 rings (SSSR count). The molecule has 0 unspecified atom stereocenters. The highest BCUT2D eigenvalue weighted by Crippen LogP contribution is 2.29. The smallest absolute Gasteiger partial charge is 0.292 e. The van der Waals surface area contributed by atoms with Crippen LogP contribution in [0.4, 0.5) is 17.1 Å². The predicted octanol–water partition coefficient (Wildman–Crippen LogP) is 3.51. The van der Waals surface area contributed by atoms with Gasteiger partial charge in [-0.25, -0.2) is 8.42 Å². The van der Waals surface area contributed by atoms with E-state index in [1.807, 2.05) is 0 Å². The van der Waals surface area contributed by atoms with Crippen molar-refractivity contribution < 1.29 is 13.3 Å². The summed E-state index contributed by atoms with van der Waals surface area (Å²) < 4.78 is 27.0. The third-order valence-electron chi connectivity index (χ3n) is 4.17. The molecule has 0 spiro atoms. The molecule has 1 fully saturated rings. The number of hydrogen-bond acceptors (Lipinski definition) is 5. The molecule has 7 nitrogen and oxygen atoms in total. The van der Waals surface area contributed by atoms with Crippen molar-refractivity contribution in [3.05, 3.63) is 58.6 Å². The Morgan fingerprint density at radius 2 is 1.72 bits per heavy atom. The number of para-hydroxylation sites is 2. The first-order chi connectivity index (χ1) is 12.0. The van der Waals surface area contributed by atoms with E-state index < -0.39 is 14.9 Å². The van der Waals surface area contributed by atoms with Gasteiger partial charge in [0.1, 0.15) is 5.69 Å². The van der Waals surface area contributed by atoms with Crippen LogP contribution >= 0.6 is 0 Å². The minimum Gasteiger partial charge on any atom is -0.350 e. The normalized spacial score (nSPS) is 15.7. The molecule has 1 heterocycles. The summed E-state index contributed by atoms with van der Waals surface area (Å²) in [5.74, 6) is 0. The fourth-order valence-corrected chi connectivity index (χ4v) is 4.45. The standard InChI is InChI=1S/C17H19N3O4S/c21-20(22)17-10-3-2-9-16(17)18-14-7-6-8-15(13-14)25(23,24)19-11-4-1-5-12-19/h2-3,6-10,13,18H,1,4-5,11-12H2. The number of anilines is 2. The molecule has 0 atom stereocenters. The maximum atomic E-state index is 12.8. The Hall–Kier alpha value is -2.45. The van der Waals surface area contributed by atoms with E-state index in [0.717, 1.165) is 19.3 Å². The van der Waals surface area contributed by atoms with Gasteiger partial charge in [-0.2, -0.15) is 4.31 Å². The highest BCUT2D eigenvalue weighted by atomic mass is 32.2. The van der Waals surface area contributed by atoms with Crippen molar-refractivity contribution in [3.8, 4) is 0 Å². The number of nitro groups is 1. The first-order valence-electron chi connectivity index (χ1n) is 8.09. The Labute approximate surface area is 146 Å². The lowest BCUT2D eigenvalue weighted by Crippen LogP contribution is -2.35. The second kappa shape index (κ2) is 7.20. The van der Waals surface area contributed by atoms with Gasteiger partial charge in [0, 0.05) is 24.8 Å². The second-order valence-corrected chi connectivity index (χ2v) is 7.83. The van der Waals surface area contributed by atoms with E-state index in [0.29, 0.717) is 24.5 Å². The molecule has 1 saturated heterocycles. The van der Waals surface area contributed by atoms with Crippen molar-refractivity contribution in [1.82, 2.24) is 4.31 Å². The topological polar surface area (TPSA) is 92.5 Å².